The lowest BCUT2D eigenvalue weighted by Crippen LogP contribution is -2.66. The Kier molecular flexibility index (Phi) is 6.29. The molecule has 1 saturated heterocycles. The number of thiazole rings is 1. The fourth-order valence-corrected chi connectivity index (χ4v) is 5.13. The van der Waals surface area contributed by atoms with Crippen molar-refractivity contribution in [1.82, 2.24) is 20.2 Å². The Morgan fingerprint density at radius 3 is 2.56 bits per heavy atom. The second-order valence-corrected chi connectivity index (χ2v) is 9.77. The molecule has 0 saturated carbocycles. The van der Waals surface area contributed by atoms with Gasteiger partial charge in [-0.3, -0.25) is 14.7 Å². The summed E-state index contributed by atoms with van der Waals surface area (Å²) >= 11 is 0.752. The maximum atomic E-state index is 14.8. The molecule has 0 bridgehead atoms. The van der Waals surface area contributed by atoms with E-state index in [1.807, 2.05) is 0 Å². The van der Waals surface area contributed by atoms with Crippen LogP contribution in [0.4, 0.5) is 22.6 Å². The Morgan fingerprint density at radius 2 is 1.94 bits per heavy atom. The van der Waals surface area contributed by atoms with Crippen molar-refractivity contribution < 1.29 is 22.4 Å². The highest BCUT2D eigenvalue weighted by Crippen LogP contribution is 2.35. The molecular formula is C21H25F4N7OS. The number of nitrogens with one attached hydrogen (secondary N) is 1. The molecule has 0 aliphatic carbocycles. The van der Waals surface area contributed by atoms with Crippen LogP contribution in [0.15, 0.2) is 23.3 Å². The van der Waals surface area contributed by atoms with E-state index >= 15 is 0 Å². The molecule has 1 aromatic heterocycles. The van der Waals surface area contributed by atoms with E-state index in [-0.39, 0.29) is 28.8 Å². The number of carbonyl (C=O) groups excluding carboxylic acids is 1. The lowest BCUT2D eigenvalue weighted by Gasteiger charge is -2.40. The number of likely N-dealkylation sites (N-methyl/N-ethyl adjacent to an activating group) is 1. The molecule has 1 fully saturated rings. The van der Waals surface area contributed by atoms with E-state index in [0.29, 0.717) is 6.42 Å². The molecule has 0 spiro atoms. The number of hydrogen-bond donors (Lipinski definition) is 3. The molecule has 0 radical (unpaired) electrons. The predicted molar refractivity (Wildman–Crippen MR) is 121 cm³/mol. The number of amides is 1. The van der Waals surface area contributed by atoms with E-state index in [9.17, 15) is 22.4 Å². The van der Waals surface area contributed by atoms with E-state index in [0.717, 1.165) is 23.5 Å². The number of hydrazone groups is 1. The van der Waals surface area contributed by atoms with E-state index < -0.39 is 53.2 Å². The molecule has 1 amide bonds. The minimum Gasteiger partial charge on any atom is -0.389 e. The monoisotopic (exact) mass is 499 g/mol. The third kappa shape index (κ3) is 4.34. The van der Waals surface area contributed by atoms with Crippen molar-refractivity contribution in [2.24, 2.45) is 16.8 Å². The van der Waals surface area contributed by atoms with Crippen LogP contribution in [0.3, 0.4) is 0 Å². The number of likely N-dealkylation sites (tertiary alicyclic amines) is 1. The minimum absolute atomic E-state index is 0.0644. The fraction of sp³-hybridized carbons (Fsp3) is 0.476. The molecule has 2 aromatic rings. The highest BCUT2D eigenvalue weighted by atomic mass is 32.1. The summed E-state index contributed by atoms with van der Waals surface area (Å²) in [7, 11) is 1.64. The summed E-state index contributed by atoms with van der Waals surface area (Å²) in [5.41, 5.74) is 9.72. The summed E-state index contributed by atoms with van der Waals surface area (Å²) in [6.07, 6.45) is 1.78. The molecule has 184 valence electrons. The van der Waals surface area contributed by atoms with Crippen molar-refractivity contribution in [3.05, 3.63) is 35.5 Å². The average molecular weight is 500 g/mol. The van der Waals surface area contributed by atoms with E-state index in [1.54, 1.807) is 14.0 Å². The number of carbonyl (C=O) groups is 1. The molecule has 34 heavy (non-hydrogen) atoms. The first-order chi connectivity index (χ1) is 15.9. The van der Waals surface area contributed by atoms with Crippen molar-refractivity contribution >= 4 is 28.5 Å². The Bertz CT molecular complexity index is 1110. The minimum atomic E-state index is -3.20. The van der Waals surface area contributed by atoms with Crippen molar-refractivity contribution in [3.63, 3.8) is 0 Å². The lowest BCUT2D eigenvalue weighted by molar-refractivity contribution is -0.0675. The summed E-state index contributed by atoms with van der Waals surface area (Å²) in [5.74, 6) is -6.10. The van der Waals surface area contributed by atoms with Gasteiger partial charge in [0.2, 0.25) is 0 Å². The van der Waals surface area contributed by atoms with Crippen LogP contribution in [0, 0.1) is 17.6 Å². The third-order valence-corrected chi connectivity index (χ3v) is 7.14. The maximum absolute atomic E-state index is 14.8. The van der Waals surface area contributed by atoms with Crippen LogP contribution >= 0.6 is 11.3 Å². The fourth-order valence-electron chi connectivity index (χ4n) is 4.25. The zero-order chi connectivity index (χ0) is 24.8. The Morgan fingerprint density at radius 1 is 1.26 bits per heavy atom. The number of anilines is 1. The smallest absolute Gasteiger partial charge is 0.275 e. The molecule has 13 heteroatoms. The van der Waals surface area contributed by atoms with Crippen molar-refractivity contribution in [1.29, 1.82) is 0 Å². The van der Waals surface area contributed by atoms with Crippen LogP contribution in [-0.2, 0) is 0 Å². The average Bonchev–Trinajstić information content (AvgIpc) is 3.30. The molecule has 1 aromatic carbocycles. The number of benzene rings is 1. The van der Waals surface area contributed by atoms with Gasteiger partial charge in [-0.1, -0.05) is 24.3 Å². The SMILES string of the molecule is CC1CCN([C@]2(NC(=O)c3nc(-c4c(F)cccc4F)sc3N)C=NN(C)C2)CC(F)(F)C1N. The van der Waals surface area contributed by atoms with Gasteiger partial charge in [0.25, 0.3) is 11.8 Å². The number of nitrogens with zero attached hydrogens (tertiary/aromatic N) is 4. The molecule has 5 N–H and O–H groups in total. The van der Waals surface area contributed by atoms with E-state index in [2.05, 4.69) is 15.4 Å². The number of rotatable bonds is 4. The summed E-state index contributed by atoms with van der Waals surface area (Å²) in [6.45, 7) is 1.32. The van der Waals surface area contributed by atoms with Gasteiger partial charge in [-0.15, -0.1) is 0 Å². The van der Waals surface area contributed by atoms with Crippen molar-refractivity contribution in [2.75, 3.05) is 32.4 Å². The van der Waals surface area contributed by atoms with Gasteiger partial charge >= 0.3 is 0 Å². The predicted octanol–water partition coefficient (Wildman–Crippen LogP) is 2.33. The van der Waals surface area contributed by atoms with Gasteiger partial charge in [-0.2, -0.15) is 5.10 Å². The normalized spacial score (nSPS) is 27.1. The molecule has 2 aliphatic heterocycles. The van der Waals surface area contributed by atoms with E-state index in [4.69, 9.17) is 11.5 Å². The number of alkyl halides is 2. The van der Waals surface area contributed by atoms with Crippen LogP contribution < -0.4 is 16.8 Å². The number of nitrogen functional groups attached to an aromatic ring is 1. The highest BCUT2D eigenvalue weighted by molar-refractivity contribution is 7.19. The van der Waals surface area contributed by atoms with Gasteiger partial charge in [0.15, 0.2) is 11.4 Å². The third-order valence-electron chi connectivity index (χ3n) is 6.23. The van der Waals surface area contributed by atoms with Gasteiger partial charge in [0.05, 0.1) is 30.9 Å². The Balaban J connectivity index is 1.65. The molecule has 8 nitrogen and oxygen atoms in total. The van der Waals surface area contributed by atoms with Gasteiger partial charge in [0, 0.05) is 13.6 Å². The van der Waals surface area contributed by atoms with Gasteiger partial charge in [0.1, 0.15) is 21.6 Å². The standard InChI is InChI=1S/C21H25F4N7OS/c1-11-6-7-32(10-21(24,25)16(11)26)20(8-28-31(2)9-20)30-18(33)15-17(27)34-19(29-15)14-12(22)4-3-5-13(14)23/h3-5,8,11,16H,6-7,9-10,26-27H2,1-2H3,(H,30,33)/t11?,16?,20-/m1/s1. The second kappa shape index (κ2) is 8.78. The van der Waals surface area contributed by atoms with Crippen LogP contribution in [0.25, 0.3) is 10.6 Å². The number of halogens is 4. The Hall–Kier alpha value is -2.77. The molecule has 3 heterocycles. The number of hydrogen-bond acceptors (Lipinski definition) is 8. The topological polar surface area (TPSA) is 113 Å². The molecule has 2 aliphatic rings. The molecule has 4 rings (SSSR count). The van der Waals surface area contributed by atoms with Crippen molar-refractivity contribution in [2.45, 2.75) is 31.0 Å². The van der Waals surface area contributed by atoms with Crippen LogP contribution in [0.2, 0.25) is 0 Å². The first kappa shape index (κ1) is 24.4. The zero-order valence-electron chi connectivity index (χ0n) is 18.6. The number of nitrogens with two attached hydrogens (primary N) is 2. The molecule has 2 unspecified atom stereocenters. The maximum Gasteiger partial charge on any atom is 0.275 e. The molecule has 3 atom stereocenters. The number of aromatic nitrogens is 1. The quantitative estimate of drug-likeness (QED) is 0.557. The summed E-state index contributed by atoms with van der Waals surface area (Å²) in [5, 5.41) is 8.23. The van der Waals surface area contributed by atoms with Crippen molar-refractivity contribution in [3.8, 4) is 10.6 Å². The molecular weight excluding hydrogens is 474 g/mol. The van der Waals surface area contributed by atoms with Crippen LogP contribution in [0.5, 0.6) is 0 Å². The van der Waals surface area contributed by atoms with E-state index in [1.165, 1.54) is 22.2 Å². The summed E-state index contributed by atoms with van der Waals surface area (Å²) in [4.78, 5) is 18.7. The highest BCUT2D eigenvalue weighted by Gasteiger charge is 2.51. The van der Waals surface area contributed by atoms with Crippen LogP contribution in [0.1, 0.15) is 23.8 Å². The lowest BCUT2D eigenvalue weighted by atomic mass is 9.95. The van der Waals surface area contributed by atoms with Crippen LogP contribution in [-0.4, -0.2) is 71.3 Å². The summed E-state index contributed by atoms with van der Waals surface area (Å²) < 4.78 is 58.1. The van der Waals surface area contributed by atoms with Gasteiger partial charge in [-0.25, -0.2) is 22.5 Å². The largest absolute Gasteiger partial charge is 0.389 e. The van der Waals surface area contributed by atoms with Gasteiger partial charge < -0.3 is 16.8 Å². The summed E-state index contributed by atoms with van der Waals surface area (Å²) in [6, 6.07) is 2.03. The Labute approximate surface area is 197 Å². The first-order valence-corrected chi connectivity index (χ1v) is 11.4. The first-order valence-electron chi connectivity index (χ1n) is 10.6. The second-order valence-electron chi connectivity index (χ2n) is 8.74. The van der Waals surface area contributed by atoms with Gasteiger partial charge in [-0.05, 0) is 24.5 Å². The zero-order valence-corrected chi connectivity index (χ0v) is 19.4.